The van der Waals surface area contributed by atoms with Gasteiger partial charge in [0.25, 0.3) is 5.91 Å². The maximum absolute atomic E-state index is 12.1. The highest BCUT2D eigenvalue weighted by molar-refractivity contribution is 5.96. The topological polar surface area (TPSA) is 62.2 Å². The number of amides is 1. The summed E-state index contributed by atoms with van der Waals surface area (Å²) in [4.78, 5) is 16.0. The average Bonchev–Trinajstić information content (AvgIpc) is 2.42. The number of hydrogen-bond donors (Lipinski definition) is 2. The minimum atomic E-state index is -0.234. The summed E-state index contributed by atoms with van der Waals surface area (Å²) in [5, 5.41) is 11.6. The van der Waals surface area contributed by atoms with Crippen molar-refractivity contribution >= 4 is 5.91 Å². The molecule has 0 saturated heterocycles. The number of aliphatic hydroxyl groups excluding tert-OH is 1. The van der Waals surface area contributed by atoms with Gasteiger partial charge in [-0.3, -0.25) is 9.78 Å². The van der Waals surface area contributed by atoms with E-state index >= 15 is 0 Å². The van der Waals surface area contributed by atoms with Crippen LogP contribution < -0.4 is 5.32 Å². The van der Waals surface area contributed by atoms with Crippen molar-refractivity contribution in [2.24, 2.45) is 0 Å². The molecule has 0 aliphatic rings. The second-order valence-electron chi connectivity index (χ2n) is 3.87. The molecule has 0 aromatic carbocycles. The van der Waals surface area contributed by atoms with Crippen LogP contribution in [0.2, 0.25) is 0 Å². The van der Waals surface area contributed by atoms with Crippen LogP contribution in [0.15, 0.2) is 18.5 Å². The number of nitrogens with one attached hydrogen (secondary N) is 1. The second kappa shape index (κ2) is 7.46. The van der Waals surface area contributed by atoms with Crippen LogP contribution in [0, 0.1) is 11.8 Å². The number of carbonyl (C=O) groups excluding carboxylic acids is 1. The molecule has 0 fully saturated rings. The first-order valence-corrected chi connectivity index (χ1v) is 6.07. The van der Waals surface area contributed by atoms with Gasteiger partial charge in [0.1, 0.15) is 6.61 Å². The van der Waals surface area contributed by atoms with Crippen molar-refractivity contribution in [3.8, 4) is 11.8 Å². The Labute approximate surface area is 107 Å². The lowest BCUT2D eigenvalue weighted by atomic mass is 10.1. The molecule has 2 N–H and O–H groups in total. The predicted octanol–water partition coefficient (Wildman–Crippen LogP) is 1.34. The van der Waals surface area contributed by atoms with Crippen LogP contribution in [0.1, 0.15) is 42.6 Å². The summed E-state index contributed by atoms with van der Waals surface area (Å²) in [5.41, 5.74) is 1.04. The molecule has 0 aliphatic heterocycles. The zero-order valence-electron chi connectivity index (χ0n) is 10.7. The van der Waals surface area contributed by atoms with Gasteiger partial charge in [0, 0.05) is 18.4 Å². The van der Waals surface area contributed by atoms with Gasteiger partial charge in [0.05, 0.1) is 11.1 Å². The van der Waals surface area contributed by atoms with Crippen molar-refractivity contribution in [1.29, 1.82) is 0 Å². The summed E-state index contributed by atoms with van der Waals surface area (Å²) >= 11 is 0. The highest BCUT2D eigenvalue weighted by Gasteiger charge is 2.13. The summed E-state index contributed by atoms with van der Waals surface area (Å²) in [6.45, 7) is 3.84. The van der Waals surface area contributed by atoms with Crippen LogP contribution in [-0.2, 0) is 0 Å². The minimum absolute atomic E-state index is 0.145. The minimum Gasteiger partial charge on any atom is -0.384 e. The Morgan fingerprint density at radius 1 is 1.50 bits per heavy atom. The zero-order chi connectivity index (χ0) is 13.4. The average molecular weight is 246 g/mol. The van der Waals surface area contributed by atoms with E-state index in [2.05, 4.69) is 22.1 Å². The third-order valence-corrected chi connectivity index (χ3v) is 2.69. The van der Waals surface area contributed by atoms with Crippen molar-refractivity contribution in [1.82, 2.24) is 10.3 Å². The molecule has 0 unspecified atom stereocenters. The molecule has 1 heterocycles. The Kier molecular flexibility index (Phi) is 5.89. The molecule has 0 bridgehead atoms. The first-order valence-electron chi connectivity index (χ1n) is 6.07. The second-order valence-corrected chi connectivity index (χ2v) is 3.87. The van der Waals surface area contributed by atoms with Crippen LogP contribution in [0.5, 0.6) is 0 Å². The maximum Gasteiger partial charge on any atom is 0.252 e. The molecular formula is C14H18N2O2. The molecule has 1 aromatic heterocycles. The molecule has 18 heavy (non-hydrogen) atoms. The molecular weight excluding hydrogens is 228 g/mol. The molecule has 0 saturated carbocycles. The fraction of sp³-hybridized carbons (Fsp3) is 0.429. The molecule has 0 aliphatic carbocycles. The lowest BCUT2D eigenvalue weighted by Gasteiger charge is -2.15. The quantitative estimate of drug-likeness (QED) is 0.788. The third kappa shape index (κ3) is 3.86. The van der Waals surface area contributed by atoms with Crippen LogP contribution >= 0.6 is 0 Å². The molecule has 96 valence electrons. The van der Waals surface area contributed by atoms with E-state index in [1.165, 1.54) is 6.20 Å². The lowest BCUT2D eigenvalue weighted by molar-refractivity contribution is 0.0934. The van der Waals surface area contributed by atoms with E-state index in [1.807, 2.05) is 13.8 Å². The number of nitrogens with zero attached hydrogens (tertiary/aromatic N) is 1. The van der Waals surface area contributed by atoms with Gasteiger partial charge in [0.2, 0.25) is 0 Å². The monoisotopic (exact) mass is 246 g/mol. The van der Waals surface area contributed by atoms with Crippen molar-refractivity contribution in [2.45, 2.75) is 32.7 Å². The molecule has 0 atom stereocenters. The summed E-state index contributed by atoms with van der Waals surface area (Å²) in [6, 6.07) is 1.81. The van der Waals surface area contributed by atoms with Crippen LogP contribution in [-0.4, -0.2) is 28.6 Å². The van der Waals surface area contributed by atoms with E-state index in [-0.39, 0.29) is 18.6 Å². The lowest BCUT2D eigenvalue weighted by Crippen LogP contribution is -2.34. The fourth-order valence-corrected chi connectivity index (χ4v) is 1.58. The third-order valence-electron chi connectivity index (χ3n) is 2.69. The van der Waals surface area contributed by atoms with Crippen molar-refractivity contribution in [3.63, 3.8) is 0 Å². The van der Waals surface area contributed by atoms with Crippen LogP contribution in [0.25, 0.3) is 0 Å². The number of carbonyl (C=O) groups is 1. The van der Waals surface area contributed by atoms with Gasteiger partial charge >= 0.3 is 0 Å². The first-order chi connectivity index (χ1) is 8.72. The van der Waals surface area contributed by atoms with E-state index in [0.29, 0.717) is 11.1 Å². The summed E-state index contributed by atoms with van der Waals surface area (Å²) in [7, 11) is 0. The first kappa shape index (κ1) is 14.2. The Hall–Kier alpha value is -1.86. The zero-order valence-corrected chi connectivity index (χ0v) is 10.7. The molecule has 4 heteroatoms. The maximum atomic E-state index is 12.1. The van der Waals surface area contributed by atoms with Gasteiger partial charge < -0.3 is 10.4 Å². The molecule has 4 nitrogen and oxygen atoms in total. The smallest absolute Gasteiger partial charge is 0.252 e. The van der Waals surface area contributed by atoms with E-state index < -0.39 is 0 Å². The number of aliphatic hydroxyl groups is 1. The van der Waals surface area contributed by atoms with Crippen LogP contribution in [0.3, 0.4) is 0 Å². The summed E-state index contributed by atoms with van der Waals surface area (Å²) in [5.74, 6) is 5.11. The number of aromatic nitrogens is 1. The van der Waals surface area contributed by atoms with E-state index in [9.17, 15) is 4.79 Å². The SMILES string of the molecule is CCC(CC)NC(=O)c1ccncc1C#CCO. The van der Waals surface area contributed by atoms with Gasteiger partial charge in [-0.1, -0.05) is 25.7 Å². The molecule has 0 spiro atoms. The van der Waals surface area contributed by atoms with E-state index in [4.69, 9.17) is 5.11 Å². The molecule has 1 amide bonds. The van der Waals surface area contributed by atoms with Gasteiger partial charge in [-0.05, 0) is 18.9 Å². The Morgan fingerprint density at radius 2 is 2.22 bits per heavy atom. The van der Waals surface area contributed by atoms with E-state index in [0.717, 1.165) is 12.8 Å². The largest absolute Gasteiger partial charge is 0.384 e. The number of hydrogen-bond acceptors (Lipinski definition) is 3. The van der Waals surface area contributed by atoms with Crippen molar-refractivity contribution in [2.75, 3.05) is 6.61 Å². The summed E-state index contributed by atoms with van der Waals surface area (Å²) in [6.07, 6.45) is 4.88. The Balaban J connectivity index is 2.91. The Bertz CT molecular complexity index is 456. The van der Waals surface area contributed by atoms with Crippen molar-refractivity contribution in [3.05, 3.63) is 29.6 Å². The van der Waals surface area contributed by atoms with Gasteiger partial charge in [-0.25, -0.2) is 0 Å². The molecule has 1 rings (SSSR count). The highest BCUT2D eigenvalue weighted by Crippen LogP contribution is 2.07. The normalized spacial score (nSPS) is 9.78. The van der Waals surface area contributed by atoms with Gasteiger partial charge in [-0.2, -0.15) is 0 Å². The van der Waals surface area contributed by atoms with Gasteiger partial charge in [-0.15, -0.1) is 0 Å². The van der Waals surface area contributed by atoms with Crippen molar-refractivity contribution < 1.29 is 9.90 Å². The summed E-state index contributed by atoms with van der Waals surface area (Å²) < 4.78 is 0. The van der Waals surface area contributed by atoms with Gasteiger partial charge in [0.15, 0.2) is 0 Å². The molecule has 0 radical (unpaired) electrons. The fourth-order valence-electron chi connectivity index (χ4n) is 1.58. The Morgan fingerprint density at radius 3 is 2.83 bits per heavy atom. The van der Waals surface area contributed by atoms with Crippen LogP contribution in [0.4, 0.5) is 0 Å². The predicted molar refractivity (Wildman–Crippen MR) is 70.0 cm³/mol. The number of pyridine rings is 1. The number of rotatable bonds is 4. The van der Waals surface area contributed by atoms with E-state index in [1.54, 1.807) is 12.3 Å². The molecule has 1 aromatic rings. The highest BCUT2D eigenvalue weighted by atomic mass is 16.2. The standard InChI is InChI=1S/C14H18N2O2/c1-3-12(4-2)16-14(18)13-7-8-15-10-11(13)6-5-9-17/h7-8,10,12,17H,3-4,9H2,1-2H3,(H,16,18).